The van der Waals surface area contributed by atoms with Crippen molar-refractivity contribution in [2.24, 2.45) is 5.41 Å². The zero-order valence-corrected chi connectivity index (χ0v) is 20.0. The molecule has 1 aliphatic heterocycles. The van der Waals surface area contributed by atoms with Gasteiger partial charge in [0.2, 0.25) is 5.78 Å². The summed E-state index contributed by atoms with van der Waals surface area (Å²) >= 11 is 1.62. The van der Waals surface area contributed by atoms with Crippen LogP contribution in [0.1, 0.15) is 70.8 Å². The number of esters is 1. The smallest absolute Gasteiger partial charge is 0.312 e. The number of nitrogens with zero attached hydrogens (tertiary/aromatic N) is 2. The summed E-state index contributed by atoms with van der Waals surface area (Å²) in [7, 11) is 0. The van der Waals surface area contributed by atoms with E-state index in [1.807, 2.05) is 24.3 Å². The van der Waals surface area contributed by atoms with Crippen molar-refractivity contribution in [3.05, 3.63) is 52.8 Å². The Balaban J connectivity index is 1.25. The molecule has 0 bridgehead atoms. The van der Waals surface area contributed by atoms with E-state index in [-0.39, 0.29) is 24.3 Å². The summed E-state index contributed by atoms with van der Waals surface area (Å²) in [5.41, 5.74) is 1.07. The third-order valence-electron chi connectivity index (χ3n) is 7.03. The minimum Gasteiger partial charge on any atom is -0.457 e. The normalized spacial score (nSPS) is 17.7. The molecule has 0 spiro atoms. The maximum atomic E-state index is 13.3. The number of Topliss-reactive ketones (excluding diaryl/α,β-unsaturated/α-hetero) is 1. The monoisotopic (exact) mass is 479 g/mol. The van der Waals surface area contributed by atoms with Gasteiger partial charge in [0.15, 0.2) is 6.61 Å². The van der Waals surface area contributed by atoms with Crippen molar-refractivity contribution >= 4 is 39.2 Å². The van der Waals surface area contributed by atoms with E-state index >= 15 is 0 Å². The number of H-pyrrole nitrogens is 1. The first-order valence-electron chi connectivity index (χ1n) is 12.1. The lowest BCUT2D eigenvalue weighted by molar-refractivity contribution is -0.157. The summed E-state index contributed by atoms with van der Waals surface area (Å²) in [6.45, 7) is 1.17. The summed E-state index contributed by atoms with van der Waals surface area (Å²) < 4.78 is 6.71. The van der Waals surface area contributed by atoms with Crippen LogP contribution < -0.4 is 0 Å². The van der Waals surface area contributed by atoms with Gasteiger partial charge in [-0.15, -0.1) is 11.3 Å². The van der Waals surface area contributed by atoms with Crippen LogP contribution in [0, 0.1) is 5.41 Å². The Hall–Kier alpha value is -3.00. The third kappa shape index (κ3) is 4.64. The summed E-state index contributed by atoms with van der Waals surface area (Å²) in [5, 5.41) is 0.932. The van der Waals surface area contributed by atoms with Gasteiger partial charge < -0.3 is 14.6 Å². The molecule has 1 amide bonds. The largest absolute Gasteiger partial charge is 0.457 e. The van der Waals surface area contributed by atoms with E-state index in [0.717, 1.165) is 73.3 Å². The van der Waals surface area contributed by atoms with Crippen molar-refractivity contribution < 1.29 is 19.1 Å². The Kier molecular flexibility index (Phi) is 6.50. The second-order valence-electron chi connectivity index (χ2n) is 9.39. The molecule has 3 heterocycles. The Morgan fingerprint density at radius 2 is 1.82 bits per heavy atom. The molecule has 1 aliphatic carbocycles. The van der Waals surface area contributed by atoms with E-state index < -0.39 is 5.41 Å². The van der Waals surface area contributed by atoms with Crippen molar-refractivity contribution in [2.45, 2.75) is 51.4 Å². The number of fused-ring (bicyclic) bond motifs is 1. The Bertz CT molecular complexity index is 1170. The van der Waals surface area contributed by atoms with Gasteiger partial charge >= 0.3 is 5.97 Å². The molecule has 178 valence electrons. The van der Waals surface area contributed by atoms with Gasteiger partial charge in [0.25, 0.3) is 5.91 Å². The molecule has 0 atom stereocenters. The number of carbonyl (C=O) groups is 3. The van der Waals surface area contributed by atoms with Gasteiger partial charge in [0.05, 0.1) is 20.6 Å². The molecule has 34 heavy (non-hydrogen) atoms. The molecule has 2 aromatic heterocycles. The highest BCUT2D eigenvalue weighted by Gasteiger charge is 2.42. The molecule has 5 rings (SSSR count). The number of rotatable bonds is 7. The number of hydrogen-bond donors (Lipinski definition) is 1. The fourth-order valence-electron chi connectivity index (χ4n) is 5.10. The van der Waals surface area contributed by atoms with Crippen molar-refractivity contribution in [3.8, 4) is 0 Å². The molecule has 1 aromatic carbocycles. The van der Waals surface area contributed by atoms with Gasteiger partial charge in [0, 0.05) is 31.3 Å². The Labute approximate surface area is 202 Å². The minimum absolute atomic E-state index is 0.0921. The van der Waals surface area contributed by atoms with E-state index in [9.17, 15) is 14.4 Å². The lowest BCUT2D eigenvalue weighted by Gasteiger charge is -2.34. The van der Waals surface area contributed by atoms with E-state index in [4.69, 9.17) is 9.72 Å². The maximum Gasteiger partial charge on any atom is 0.312 e. The van der Waals surface area contributed by atoms with Gasteiger partial charge in [0.1, 0.15) is 5.69 Å². The van der Waals surface area contributed by atoms with Crippen LogP contribution in [-0.4, -0.2) is 52.2 Å². The van der Waals surface area contributed by atoms with Crippen LogP contribution in [0.2, 0.25) is 0 Å². The molecule has 0 unspecified atom stereocenters. The number of hydrogen-bond acceptors (Lipinski definition) is 6. The zero-order valence-electron chi connectivity index (χ0n) is 19.2. The highest BCUT2D eigenvalue weighted by molar-refractivity contribution is 7.18. The van der Waals surface area contributed by atoms with Crippen molar-refractivity contribution in [2.75, 3.05) is 19.7 Å². The second kappa shape index (κ2) is 9.70. The summed E-state index contributed by atoms with van der Waals surface area (Å²) in [5.74, 6) is -0.717. The molecule has 3 aromatic rings. The van der Waals surface area contributed by atoms with E-state index in [1.165, 1.54) is 6.20 Å². The van der Waals surface area contributed by atoms with E-state index in [1.54, 1.807) is 22.3 Å². The molecule has 1 N–H and O–H groups in total. The number of carbonyl (C=O) groups excluding carboxylic acids is 3. The standard InChI is InChI=1S/C26H29N3O4S/c30-21(18-14-20(27-16-18)24(31)29-12-6-7-13-29)17-33-25(32)26(10-4-1-5-11-26)15-23-28-19-8-2-3-9-22(19)34-23/h2-3,8-9,14,16,27H,1,4-7,10-13,15,17H2. The number of para-hydroxylation sites is 1. The third-order valence-corrected chi connectivity index (χ3v) is 8.07. The van der Waals surface area contributed by atoms with Crippen LogP contribution >= 0.6 is 11.3 Å². The topological polar surface area (TPSA) is 92.4 Å². The summed E-state index contributed by atoms with van der Waals surface area (Å²) in [6, 6.07) is 9.55. The Morgan fingerprint density at radius 1 is 1.06 bits per heavy atom. The second-order valence-corrected chi connectivity index (χ2v) is 10.5. The number of nitrogens with one attached hydrogen (secondary N) is 1. The Morgan fingerprint density at radius 3 is 2.59 bits per heavy atom. The first-order valence-corrected chi connectivity index (χ1v) is 12.9. The van der Waals surface area contributed by atoms with Crippen LogP contribution in [0.3, 0.4) is 0 Å². The van der Waals surface area contributed by atoms with Crippen LogP contribution in [0.4, 0.5) is 0 Å². The molecular weight excluding hydrogens is 450 g/mol. The fourth-order valence-corrected chi connectivity index (χ4v) is 6.21. The molecule has 1 saturated carbocycles. The fraction of sp³-hybridized carbons (Fsp3) is 0.462. The predicted octanol–water partition coefficient (Wildman–Crippen LogP) is 4.78. The highest BCUT2D eigenvalue weighted by Crippen LogP contribution is 2.41. The average Bonchev–Trinajstić information content (AvgIpc) is 3.63. The number of amides is 1. The van der Waals surface area contributed by atoms with E-state index in [2.05, 4.69) is 4.98 Å². The van der Waals surface area contributed by atoms with Gasteiger partial charge in [-0.2, -0.15) is 0 Å². The van der Waals surface area contributed by atoms with Gasteiger partial charge in [-0.3, -0.25) is 14.4 Å². The van der Waals surface area contributed by atoms with Crippen LogP contribution in [-0.2, 0) is 16.0 Å². The summed E-state index contributed by atoms with van der Waals surface area (Å²) in [6.07, 6.45) is 8.60. The number of aromatic nitrogens is 2. The molecule has 8 heteroatoms. The number of likely N-dealkylation sites (tertiary alicyclic amines) is 1. The highest BCUT2D eigenvalue weighted by atomic mass is 32.1. The molecule has 2 aliphatic rings. The van der Waals surface area contributed by atoms with Crippen LogP contribution in [0.5, 0.6) is 0 Å². The van der Waals surface area contributed by atoms with Gasteiger partial charge in [-0.25, -0.2) is 4.98 Å². The zero-order chi connectivity index (χ0) is 23.5. The lowest BCUT2D eigenvalue weighted by atomic mass is 9.72. The number of benzene rings is 1. The predicted molar refractivity (Wildman–Crippen MR) is 130 cm³/mol. The molecule has 2 fully saturated rings. The summed E-state index contributed by atoms with van der Waals surface area (Å²) in [4.78, 5) is 48.0. The first-order chi connectivity index (χ1) is 16.5. The first kappa shape index (κ1) is 22.8. The minimum atomic E-state index is -0.637. The number of aromatic amines is 1. The van der Waals surface area contributed by atoms with Crippen LogP contribution in [0.15, 0.2) is 36.5 Å². The van der Waals surface area contributed by atoms with Crippen molar-refractivity contribution in [1.82, 2.24) is 14.9 Å². The number of thiazole rings is 1. The molecular formula is C26H29N3O4S. The van der Waals surface area contributed by atoms with Crippen molar-refractivity contribution in [1.29, 1.82) is 0 Å². The van der Waals surface area contributed by atoms with Gasteiger partial charge in [-0.05, 0) is 43.9 Å². The van der Waals surface area contributed by atoms with Gasteiger partial charge in [-0.1, -0.05) is 31.4 Å². The van der Waals surface area contributed by atoms with E-state index in [0.29, 0.717) is 17.7 Å². The molecule has 0 radical (unpaired) electrons. The SMILES string of the molecule is O=C(COC(=O)C1(Cc2nc3ccccc3s2)CCCCC1)c1c[nH]c(C(=O)N2CCCC2)c1. The average molecular weight is 480 g/mol. The lowest BCUT2D eigenvalue weighted by Crippen LogP contribution is -2.38. The molecule has 1 saturated heterocycles. The molecule has 7 nitrogen and oxygen atoms in total. The number of ketones is 1. The number of ether oxygens (including phenoxy) is 1. The van der Waals surface area contributed by atoms with Crippen LogP contribution in [0.25, 0.3) is 10.2 Å². The maximum absolute atomic E-state index is 13.3. The quantitative estimate of drug-likeness (QED) is 0.389. The van der Waals surface area contributed by atoms with Crippen molar-refractivity contribution in [3.63, 3.8) is 0 Å².